The molecular formula is C13H17N5O. The van der Waals surface area contributed by atoms with Gasteiger partial charge in [-0.1, -0.05) is 13.8 Å². The summed E-state index contributed by atoms with van der Waals surface area (Å²) in [6, 6.07) is 3.21. The summed E-state index contributed by atoms with van der Waals surface area (Å²) in [5.41, 5.74) is 1.14. The quantitative estimate of drug-likeness (QED) is 0.836. The summed E-state index contributed by atoms with van der Waals surface area (Å²) in [6.45, 7) is 5.71. The highest BCUT2D eigenvalue weighted by atomic mass is 16.1. The normalized spacial score (nSPS) is 10.9. The second kappa shape index (κ2) is 6.19. The smallest absolute Gasteiger partial charge is 0.251 e. The monoisotopic (exact) mass is 259 g/mol. The Balaban J connectivity index is 2.18. The predicted molar refractivity (Wildman–Crippen MR) is 72.4 cm³/mol. The van der Waals surface area contributed by atoms with Crippen LogP contribution in [0, 0.1) is 5.92 Å². The van der Waals surface area contributed by atoms with Crippen molar-refractivity contribution in [3.05, 3.63) is 40.7 Å². The Bertz CT molecular complexity index is 579. The molecule has 0 radical (unpaired) electrons. The molecule has 0 fully saturated rings. The lowest BCUT2D eigenvalue weighted by molar-refractivity contribution is 0.548. The van der Waals surface area contributed by atoms with E-state index < -0.39 is 0 Å². The van der Waals surface area contributed by atoms with Crippen molar-refractivity contribution in [3.63, 3.8) is 0 Å². The molecule has 2 heterocycles. The van der Waals surface area contributed by atoms with Crippen molar-refractivity contribution in [3.8, 4) is 11.5 Å². The summed E-state index contributed by atoms with van der Waals surface area (Å²) in [5.74, 6) is 1.03. The summed E-state index contributed by atoms with van der Waals surface area (Å²) in [6.07, 6.45) is 3.05. The topological polar surface area (TPSA) is 83.6 Å². The van der Waals surface area contributed by atoms with E-state index in [-0.39, 0.29) is 5.56 Å². The fraction of sp³-hybridized carbons (Fsp3) is 0.385. The first-order valence-corrected chi connectivity index (χ1v) is 6.22. The van der Waals surface area contributed by atoms with Gasteiger partial charge in [0.05, 0.1) is 5.69 Å². The van der Waals surface area contributed by atoms with Crippen molar-refractivity contribution in [2.45, 2.75) is 20.4 Å². The van der Waals surface area contributed by atoms with Crippen LogP contribution in [-0.4, -0.2) is 26.5 Å². The van der Waals surface area contributed by atoms with Gasteiger partial charge in [-0.15, -0.1) is 0 Å². The highest BCUT2D eigenvalue weighted by Crippen LogP contribution is 2.08. The van der Waals surface area contributed by atoms with Crippen LogP contribution in [0.15, 0.2) is 29.5 Å². The van der Waals surface area contributed by atoms with Crippen LogP contribution in [0.4, 0.5) is 0 Å². The Hall–Kier alpha value is -2.08. The van der Waals surface area contributed by atoms with Gasteiger partial charge in [0.15, 0.2) is 5.82 Å². The second-order valence-corrected chi connectivity index (χ2v) is 4.70. The molecular weight excluding hydrogens is 242 g/mol. The zero-order valence-electron chi connectivity index (χ0n) is 11.1. The fourth-order valence-corrected chi connectivity index (χ4v) is 1.64. The molecule has 0 saturated heterocycles. The zero-order valence-corrected chi connectivity index (χ0v) is 11.1. The van der Waals surface area contributed by atoms with Crippen molar-refractivity contribution in [1.82, 2.24) is 25.3 Å². The number of H-pyrrole nitrogens is 1. The molecule has 0 atom stereocenters. The highest BCUT2D eigenvalue weighted by Gasteiger charge is 2.05. The maximum Gasteiger partial charge on any atom is 0.251 e. The lowest BCUT2D eigenvalue weighted by atomic mass is 10.2. The number of aromatic nitrogens is 4. The summed E-state index contributed by atoms with van der Waals surface area (Å²) >= 11 is 0. The van der Waals surface area contributed by atoms with Gasteiger partial charge in [-0.05, 0) is 18.5 Å². The third-order valence-electron chi connectivity index (χ3n) is 2.48. The third-order valence-corrected chi connectivity index (χ3v) is 2.48. The Labute approximate surface area is 111 Å². The fourth-order valence-electron chi connectivity index (χ4n) is 1.64. The minimum Gasteiger partial charge on any atom is -0.311 e. The van der Waals surface area contributed by atoms with Crippen LogP contribution < -0.4 is 10.9 Å². The Morgan fingerprint density at radius 3 is 2.95 bits per heavy atom. The van der Waals surface area contributed by atoms with E-state index in [1.807, 2.05) is 0 Å². The molecule has 0 amide bonds. The summed E-state index contributed by atoms with van der Waals surface area (Å²) in [4.78, 5) is 26.6. The number of nitrogens with zero attached hydrogens (tertiary/aromatic N) is 3. The molecule has 6 heteroatoms. The van der Waals surface area contributed by atoms with Crippen LogP contribution in [0.2, 0.25) is 0 Å². The number of aromatic amines is 1. The number of hydrogen-bond donors (Lipinski definition) is 2. The maximum atomic E-state index is 11.6. The zero-order chi connectivity index (χ0) is 13.7. The minimum atomic E-state index is -0.176. The Morgan fingerprint density at radius 1 is 1.42 bits per heavy atom. The molecule has 0 aromatic carbocycles. The predicted octanol–water partition coefficient (Wildman–Crippen LogP) is 0.972. The van der Waals surface area contributed by atoms with E-state index in [4.69, 9.17) is 0 Å². The SMILES string of the molecule is CC(C)CNCc1cc(=O)[nH]c(-c2ccncn2)n1. The third kappa shape index (κ3) is 3.96. The van der Waals surface area contributed by atoms with Gasteiger partial charge < -0.3 is 10.3 Å². The first-order chi connectivity index (χ1) is 9.15. The summed E-state index contributed by atoms with van der Waals surface area (Å²) < 4.78 is 0. The first-order valence-electron chi connectivity index (χ1n) is 6.22. The lowest BCUT2D eigenvalue weighted by Gasteiger charge is -2.07. The Kier molecular flexibility index (Phi) is 4.35. The Morgan fingerprint density at radius 2 is 2.26 bits per heavy atom. The highest BCUT2D eigenvalue weighted by molar-refractivity contribution is 5.47. The number of rotatable bonds is 5. The van der Waals surface area contributed by atoms with E-state index in [1.165, 1.54) is 12.4 Å². The van der Waals surface area contributed by atoms with Gasteiger partial charge in [-0.3, -0.25) is 4.79 Å². The van der Waals surface area contributed by atoms with Crippen LogP contribution in [0.25, 0.3) is 11.5 Å². The first kappa shape index (κ1) is 13.4. The molecule has 19 heavy (non-hydrogen) atoms. The van der Waals surface area contributed by atoms with Crippen molar-refractivity contribution >= 4 is 0 Å². The average Bonchev–Trinajstić information content (AvgIpc) is 2.39. The van der Waals surface area contributed by atoms with Crippen molar-refractivity contribution in [2.75, 3.05) is 6.54 Å². The maximum absolute atomic E-state index is 11.6. The molecule has 100 valence electrons. The van der Waals surface area contributed by atoms with Gasteiger partial charge in [0.2, 0.25) is 0 Å². The molecule has 0 unspecified atom stereocenters. The van der Waals surface area contributed by atoms with Crippen molar-refractivity contribution in [2.24, 2.45) is 5.92 Å². The van der Waals surface area contributed by atoms with Gasteiger partial charge in [-0.2, -0.15) is 0 Å². The molecule has 2 aromatic rings. The van der Waals surface area contributed by atoms with E-state index in [9.17, 15) is 4.79 Å². The van der Waals surface area contributed by atoms with Crippen LogP contribution >= 0.6 is 0 Å². The minimum absolute atomic E-state index is 0.176. The average molecular weight is 259 g/mol. The van der Waals surface area contributed by atoms with Gasteiger partial charge in [-0.25, -0.2) is 15.0 Å². The van der Waals surface area contributed by atoms with E-state index in [2.05, 4.69) is 39.1 Å². The van der Waals surface area contributed by atoms with Crippen molar-refractivity contribution in [1.29, 1.82) is 0 Å². The molecule has 0 aliphatic carbocycles. The van der Waals surface area contributed by atoms with Crippen LogP contribution in [0.3, 0.4) is 0 Å². The van der Waals surface area contributed by atoms with E-state index >= 15 is 0 Å². The molecule has 2 N–H and O–H groups in total. The molecule has 0 saturated carbocycles. The molecule has 2 rings (SSSR count). The summed E-state index contributed by atoms with van der Waals surface area (Å²) in [7, 11) is 0. The molecule has 0 aliphatic rings. The van der Waals surface area contributed by atoms with E-state index in [0.717, 1.165) is 6.54 Å². The van der Waals surface area contributed by atoms with Gasteiger partial charge in [0, 0.05) is 18.8 Å². The van der Waals surface area contributed by atoms with Crippen LogP contribution in [0.1, 0.15) is 19.5 Å². The van der Waals surface area contributed by atoms with E-state index in [1.54, 1.807) is 12.3 Å². The van der Waals surface area contributed by atoms with Crippen LogP contribution in [0.5, 0.6) is 0 Å². The van der Waals surface area contributed by atoms with Gasteiger partial charge in [0.1, 0.15) is 12.0 Å². The van der Waals surface area contributed by atoms with Gasteiger partial charge in [0.25, 0.3) is 5.56 Å². The number of hydrogen-bond acceptors (Lipinski definition) is 5. The van der Waals surface area contributed by atoms with Crippen molar-refractivity contribution < 1.29 is 0 Å². The molecule has 0 aliphatic heterocycles. The molecule has 2 aromatic heterocycles. The standard InChI is InChI=1S/C13H17N5O/c1-9(2)6-15-7-10-5-12(19)18-13(17-10)11-3-4-14-8-16-11/h3-5,8-9,15H,6-7H2,1-2H3,(H,17,18,19). The molecule has 0 spiro atoms. The largest absolute Gasteiger partial charge is 0.311 e. The van der Waals surface area contributed by atoms with E-state index in [0.29, 0.717) is 29.7 Å². The summed E-state index contributed by atoms with van der Waals surface area (Å²) in [5, 5.41) is 3.26. The molecule has 6 nitrogen and oxygen atoms in total. The van der Waals surface area contributed by atoms with Crippen LogP contribution in [-0.2, 0) is 6.54 Å². The lowest BCUT2D eigenvalue weighted by Crippen LogP contribution is -2.21. The molecule has 0 bridgehead atoms. The second-order valence-electron chi connectivity index (χ2n) is 4.70. The van der Waals surface area contributed by atoms with Gasteiger partial charge >= 0.3 is 0 Å². The number of nitrogens with one attached hydrogen (secondary N) is 2.